The number of aliphatic hydroxyl groups is 1. The predicted molar refractivity (Wildman–Crippen MR) is 119 cm³/mol. The van der Waals surface area contributed by atoms with Gasteiger partial charge in [0.25, 0.3) is 5.91 Å². The van der Waals surface area contributed by atoms with Gasteiger partial charge >= 0.3 is 0 Å². The van der Waals surface area contributed by atoms with E-state index in [0.29, 0.717) is 25.2 Å². The van der Waals surface area contributed by atoms with Crippen LogP contribution in [0, 0.1) is 0 Å². The van der Waals surface area contributed by atoms with E-state index in [1.807, 2.05) is 41.8 Å². The second kappa shape index (κ2) is 7.75. The van der Waals surface area contributed by atoms with Crippen LogP contribution in [-0.2, 0) is 12.6 Å². The van der Waals surface area contributed by atoms with Crippen LogP contribution in [0.1, 0.15) is 22.5 Å². The third-order valence-electron chi connectivity index (χ3n) is 5.94. The fraction of sp³-hybridized carbons (Fsp3) is 0.273. The van der Waals surface area contributed by atoms with E-state index in [-0.39, 0.29) is 5.91 Å². The Hall–Kier alpha value is -3.30. The number of anilines is 1. The topological polar surface area (TPSA) is 96.2 Å². The summed E-state index contributed by atoms with van der Waals surface area (Å²) in [5.41, 5.74) is 1.30. The molecule has 1 aliphatic rings. The van der Waals surface area contributed by atoms with Crippen molar-refractivity contribution in [1.29, 1.82) is 0 Å². The molecule has 2 atom stereocenters. The van der Waals surface area contributed by atoms with E-state index in [1.165, 1.54) is 4.68 Å². The third-order valence-corrected chi connectivity index (χ3v) is 6.84. The molecule has 5 rings (SSSR count). The minimum Gasteiger partial charge on any atom is -0.388 e. The highest BCUT2D eigenvalue weighted by atomic mass is 32.1. The molecular formula is C22H22N6O2S. The van der Waals surface area contributed by atoms with Crippen molar-refractivity contribution in [2.45, 2.75) is 18.1 Å². The first-order chi connectivity index (χ1) is 15.1. The number of carbonyl (C=O) groups is 1. The zero-order valence-electron chi connectivity index (χ0n) is 17.0. The van der Waals surface area contributed by atoms with Gasteiger partial charge in [0.05, 0.1) is 21.9 Å². The predicted octanol–water partition coefficient (Wildman–Crippen LogP) is 2.32. The Kier molecular flexibility index (Phi) is 4.91. The number of aliphatic hydroxyl groups excluding tert-OH is 1. The number of hydrogen-bond acceptors (Lipinski definition) is 7. The Labute approximate surface area is 183 Å². The van der Waals surface area contributed by atoms with Crippen LogP contribution in [0.3, 0.4) is 0 Å². The number of nitrogens with zero attached hydrogens (tertiary/aromatic N) is 5. The molecule has 0 saturated carbocycles. The van der Waals surface area contributed by atoms with Gasteiger partial charge in [-0.25, -0.2) is 9.97 Å². The molecule has 31 heavy (non-hydrogen) atoms. The van der Waals surface area contributed by atoms with Gasteiger partial charge in [0.1, 0.15) is 17.8 Å². The van der Waals surface area contributed by atoms with Crippen LogP contribution >= 0.6 is 11.3 Å². The first-order valence-electron chi connectivity index (χ1n) is 10.1. The van der Waals surface area contributed by atoms with E-state index in [0.717, 1.165) is 21.6 Å². The van der Waals surface area contributed by atoms with Crippen LogP contribution in [0.15, 0.2) is 60.4 Å². The Balaban J connectivity index is 1.49. The SMILES string of the molecule is Cn1nccc1C(=O)N[C@]1(c2ccccc2)CCN(c2ncnc3ccsc23)C[C@H]1O. The zero-order chi connectivity index (χ0) is 21.4. The van der Waals surface area contributed by atoms with Gasteiger partial charge in [-0.3, -0.25) is 9.48 Å². The van der Waals surface area contributed by atoms with Crippen LogP contribution in [0.4, 0.5) is 5.82 Å². The largest absolute Gasteiger partial charge is 0.388 e. The fourth-order valence-corrected chi connectivity index (χ4v) is 5.14. The highest BCUT2D eigenvalue weighted by molar-refractivity contribution is 7.17. The minimum absolute atomic E-state index is 0.265. The minimum atomic E-state index is -0.916. The van der Waals surface area contributed by atoms with Crippen LogP contribution in [0.5, 0.6) is 0 Å². The first kappa shape index (κ1) is 19.7. The zero-order valence-corrected chi connectivity index (χ0v) is 17.8. The number of piperidine rings is 1. The molecule has 8 nitrogen and oxygen atoms in total. The standard InChI is InChI=1S/C22H22N6O2S/c1-27-17(7-10-25-27)21(30)26-22(15-5-3-2-4-6-15)9-11-28(13-18(22)29)20-19-16(8-12-31-19)23-14-24-20/h2-8,10,12,14,18,29H,9,11,13H2,1H3,(H,26,30)/t18-,22+/m1/s1. The normalized spacial score (nSPS) is 21.4. The molecule has 0 bridgehead atoms. The molecule has 0 aliphatic carbocycles. The highest BCUT2D eigenvalue weighted by Gasteiger charge is 2.45. The molecular weight excluding hydrogens is 412 g/mol. The smallest absolute Gasteiger partial charge is 0.270 e. The molecule has 1 amide bonds. The summed E-state index contributed by atoms with van der Waals surface area (Å²) in [6, 6.07) is 13.3. The first-order valence-corrected chi connectivity index (χ1v) is 10.9. The van der Waals surface area contributed by atoms with Crippen molar-refractivity contribution in [3.8, 4) is 0 Å². The lowest BCUT2D eigenvalue weighted by atomic mass is 9.78. The van der Waals surface area contributed by atoms with E-state index >= 15 is 0 Å². The molecule has 9 heteroatoms. The van der Waals surface area contributed by atoms with Gasteiger partial charge in [-0.1, -0.05) is 30.3 Å². The molecule has 1 aromatic carbocycles. The summed E-state index contributed by atoms with van der Waals surface area (Å²) in [6.07, 6.45) is 2.83. The van der Waals surface area contributed by atoms with Crippen molar-refractivity contribution >= 4 is 33.3 Å². The number of nitrogens with one attached hydrogen (secondary N) is 1. The molecule has 0 unspecified atom stereocenters. The summed E-state index contributed by atoms with van der Waals surface area (Å²) in [4.78, 5) is 24.0. The van der Waals surface area contributed by atoms with E-state index in [1.54, 1.807) is 37.0 Å². The van der Waals surface area contributed by atoms with Gasteiger partial charge in [0.2, 0.25) is 0 Å². The van der Waals surface area contributed by atoms with Crippen LogP contribution in [0.25, 0.3) is 10.2 Å². The Morgan fingerprint density at radius 2 is 2.06 bits per heavy atom. The number of rotatable bonds is 4. The number of aryl methyl sites for hydroxylation is 1. The monoisotopic (exact) mass is 434 g/mol. The molecule has 1 saturated heterocycles. The van der Waals surface area contributed by atoms with E-state index in [2.05, 4.69) is 25.3 Å². The van der Waals surface area contributed by atoms with Gasteiger partial charge in [-0.05, 0) is 29.5 Å². The number of benzene rings is 1. The van der Waals surface area contributed by atoms with Crippen molar-refractivity contribution in [1.82, 2.24) is 25.1 Å². The maximum Gasteiger partial charge on any atom is 0.270 e. The van der Waals surface area contributed by atoms with Gasteiger partial charge in [0.15, 0.2) is 0 Å². The lowest BCUT2D eigenvalue weighted by Gasteiger charge is -2.46. The Morgan fingerprint density at radius 1 is 1.23 bits per heavy atom. The quantitative estimate of drug-likeness (QED) is 0.512. The van der Waals surface area contributed by atoms with E-state index in [4.69, 9.17) is 0 Å². The van der Waals surface area contributed by atoms with Crippen molar-refractivity contribution in [2.24, 2.45) is 7.05 Å². The molecule has 0 spiro atoms. The Morgan fingerprint density at radius 3 is 2.81 bits per heavy atom. The summed E-state index contributed by atoms with van der Waals surface area (Å²) in [7, 11) is 1.73. The lowest BCUT2D eigenvalue weighted by molar-refractivity contribution is 0.0361. The van der Waals surface area contributed by atoms with Crippen molar-refractivity contribution in [2.75, 3.05) is 18.0 Å². The van der Waals surface area contributed by atoms with E-state index < -0.39 is 11.6 Å². The van der Waals surface area contributed by atoms with Crippen molar-refractivity contribution in [3.05, 3.63) is 71.6 Å². The number of β-amino-alcohol motifs (C(OH)–C–C–N with tert-alkyl or cyclic N) is 1. The van der Waals surface area contributed by atoms with Crippen LogP contribution < -0.4 is 10.2 Å². The number of carbonyl (C=O) groups excluding carboxylic acids is 1. The molecule has 4 heterocycles. The second-order valence-electron chi connectivity index (χ2n) is 7.68. The molecule has 0 radical (unpaired) electrons. The Bertz CT molecular complexity index is 1220. The molecule has 1 fully saturated rings. The summed E-state index contributed by atoms with van der Waals surface area (Å²) in [6.45, 7) is 0.964. The molecule has 158 valence electrons. The van der Waals surface area contributed by atoms with E-state index in [9.17, 15) is 9.90 Å². The maximum atomic E-state index is 13.1. The highest BCUT2D eigenvalue weighted by Crippen LogP contribution is 2.37. The maximum absolute atomic E-state index is 13.1. The summed E-state index contributed by atoms with van der Waals surface area (Å²) >= 11 is 1.59. The average molecular weight is 435 g/mol. The van der Waals surface area contributed by atoms with Gasteiger partial charge in [-0.2, -0.15) is 5.10 Å². The summed E-state index contributed by atoms with van der Waals surface area (Å²) in [5, 5.41) is 20.6. The third kappa shape index (κ3) is 3.35. The molecule has 4 aromatic rings. The molecule has 3 aromatic heterocycles. The average Bonchev–Trinajstić information content (AvgIpc) is 3.44. The van der Waals surface area contributed by atoms with Crippen molar-refractivity contribution in [3.63, 3.8) is 0 Å². The van der Waals surface area contributed by atoms with Gasteiger partial charge in [-0.15, -0.1) is 11.3 Å². The number of hydrogen-bond donors (Lipinski definition) is 2. The number of fused-ring (bicyclic) bond motifs is 1. The second-order valence-corrected chi connectivity index (χ2v) is 8.59. The number of thiophene rings is 1. The summed E-state index contributed by atoms with van der Waals surface area (Å²) < 4.78 is 2.53. The van der Waals surface area contributed by atoms with Crippen LogP contribution in [0.2, 0.25) is 0 Å². The fourth-order valence-electron chi connectivity index (χ4n) is 4.28. The lowest BCUT2D eigenvalue weighted by Crippen LogP contribution is -2.62. The van der Waals surface area contributed by atoms with Gasteiger partial charge in [0, 0.05) is 26.3 Å². The number of amides is 1. The van der Waals surface area contributed by atoms with Crippen LogP contribution in [-0.4, -0.2) is 50.0 Å². The number of aromatic nitrogens is 4. The molecule has 1 aliphatic heterocycles. The molecule has 2 N–H and O–H groups in total. The van der Waals surface area contributed by atoms with Gasteiger partial charge < -0.3 is 15.3 Å². The summed E-state index contributed by atoms with van der Waals surface area (Å²) in [5.74, 6) is 0.553. The van der Waals surface area contributed by atoms with Crippen molar-refractivity contribution < 1.29 is 9.90 Å².